The lowest BCUT2D eigenvalue weighted by molar-refractivity contribution is -0.117. The van der Waals surface area contributed by atoms with E-state index in [0.29, 0.717) is 22.8 Å². The first-order valence-corrected chi connectivity index (χ1v) is 10.5. The zero-order chi connectivity index (χ0) is 19.5. The number of hydrogen-bond acceptors (Lipinski definition) is 3. The van der Waals surface area contributed by atoms with Gasteiger partial charge in [0.1, 0.15) is 6.04 Å². The van der Waals surface area contributed by atoms with Gasteiger partial charge in [-0.1, -0.05) is 36.7 Å². The van der Waals surface area contributed by atoms with E-state index >= 15 is 0 Å². The van der Waals surface area contributed by atoms with Crippen molar-refractivity contribution in [3.05, 3.63) is 58.6 Å². The SMILES string of the molecule is CC[C@@H](C(=O)Nc1cc(C)ccc1C)N(c1cccc(Cl)c1)S(C)(=O)=O. The van der Waals surface area contributed by atoms with Crippen LogP contribution in [0.2, 0.25) is 5.02 Å². The quantitative estimate of drug-likeness (QED) is 0.800. The van der Waals surface area contributed by atoms with Gasteiger partial charge in [-0.25, -0.2) is 8.42 Å². The molecule has 0 aliphatic heterocycles. The number of aryl methyl sites for hydroxylation is 2. The van der Waals surface area contributed by atoms with Crippen LogP contribution in [0.15, 0.2) is 42.5 Å². The van der Waals surface area contributed by atoms with Gasteiger partial charge in [0.05, 0.1) is 11.9 Å². The fraction of sp³-hybridized carbons (Fsp3) is 0.316. The van der Waals surface area contributed by atoms with E-state index < -0.39 is 16.1 Å². The van der Waals surface area contributed by atoms with Crippen molar-refractivity contribution in [2.24, 2.45) is 0 Å². The van der Waals surface area contributed by atoms with E-state index in [4.69, 9.17) is 11.6 Å². The molecule has 1 atom stereocenters. The largest absolute Gasteiger partial charge is 0.324 e. The van der Waals surface area contributed by atoms with Crippen molar-refractivity contribution in [2.45, 2.75) is 33.2 Å². The molecule has 0 heterocycles. The predicted octanol–water partition coefficient (Wildman–Crippen LogP) is 4.14. The molecule has 0 fully saturated rings. The first-order chi connectivity index (χ1) is 12.1. The van der Waals surface area contributed by atoms with Gasteiger partial charge in [0.25, 0.3) is 0 Å². The van der Waals surface area contributed by atoms with Crippen molar-refractivity contribution in [1.82, 2.24) is 0 Å². The summed E-state index contributed by atoms with van der Waals surface area (Å²) in [6.45, 7) is 5.60. The lowest BCUT2D eigenvalue weighted by atomic mass is 10.1. The molecule has 5 nitrogen and oxygen atoms in total. The van der Waals surface area contributed by atoms with Crippen molar-refractivity contribution >= 4 is 38.9 Å². The molecule has 0 aliphatic rings. The average Bonchev–Trinajstić information content (AvgIpc) is 2.54. The first kappa shape index (κ1) is 20.3. The minimum absolute atomic E-state index is 0.316. The molecular weight excluding hydrogens is 372 g/mol. The number of nitrogens with one attached hydrogen (secondary N) is 1. The summed E-state index contributed by atoms with van der Waals surface area (Å²) >= 11 is 6.01. The third-order valence-corrected chi connectivity index (χ3v) is 5.46. The van der Waals surface area contributed by atoms with Crippen molar-refractivity contribution < 1.29 is 13.2 Å². The molecule has 140 valence electrons. The van der Waals surface area contributed by atoms with Gasteiger partial charge >= 0.3 is 0 Å². The third-order valence-electron chi connectivity index (χ3n) is 4.04. The zero-order valence-corrected chi connectivity index (χ0v) is 16.9. The van der Waals surface area contributed by atoms with Crippen LogP contribution in [0.3, 0.4) is 0 Å². The molecule has 0 saturated heterocycles. The Morgan fingerprint density at radius 1 is 1.19 bits per heavy atom. The van der Waals surface area contributed by atoms with Crippen LogP contribution in [0, 0.1) is 13.8 Å². The number of hydrogen-bond donors (Lipinski definition) is 1. The highest BCUT2D eigenvalue weighted by atomic mass is 35.5. The van der Waals surface area contributed by atoms with Crippen molar-refractivity contribution in [3.63, 3.8) is 0 Å². The van der Waals surface area contributed by atoms with Crippen LogP contribution in [0.5, 0.6) is 0 Å². The summed E-state index contributed by atoms with van der Waals surface area (Å²) in [6, 6.07) is 11.3. The Kier molecular flexibility index (Phi) is 6.31. The van der Waals surface area contributed by atoms with Crippen LogP contribution >= 0.6 is 11.6 Å². The number of rotatable bonds is 6. The number of nitrogens with zero attached hydrogens (tertiary/aromatic N) is 1. The van der Waals surface area contributed by atoms with Crippen molar-refractivity contribution in [2.75, 3.05) is 15.9 Å². The number of halogens is 1. The topological polar surface area (TPSA) is 66.5 Å². The second kappa shape index (κ2) is 8.10. The molecule has 0 saturated carbocycles. The Morgan fingerprint density at radius 2 is 1.88 bits per heavy atom. The molecule has 2 rings (SSSR count). The van der Waals surface area contributed by atoms with Crippen molar-refractivity contribution in [3.8, 4) is 0 Å². The van der Waals surface area contributed by atoms with E-state index in [1.54, 1.807) is 25.1 Å². The Labute approximate surface area is 160 Å². The predicted molar refractivity (Wildman–Crippen MR) is 107 cm³/mol. The minimum Gasteiger partial charge on any atom is -0.324 e. The minimum atomic E-state index is -3.69. The van der Waals surface area contributed by atoms with E-state index in [9.17, 15) is 13.2 Å². The van der Waals surface area contributed by atoms with E-state index in [1.165, 1.54) is 6.07 Å². The van der Waals surface area contributed by atoms with Gasteiger partial charge in [-0.3, -0.25) is 9.10 Å². The van der Waals surface area contributed by atoms with Crippen LogP contribution in [0.1, 0.15) is 24.5 Å². The molecular formula is C19H23ClN2O3S. The third kappa shape index (κ3) is 4.77. The van der Waals surface area contributed by atoms with Crippen molar-refractivity contribution in [1.29, 1.82) is 0 Å². The first-order valence-electron chi connectivity index (χ1n) is 8.26. The fourth-order valence-electron chi connectivity index (χ4n) is 2.76. The fourth-order valence-corrected chi connectivity index (χ4v) is 4.15. The summed E-state index contributed by atoms with van der Waals surface area (Å²) in [5, 5.41) is 3.26. The summed E-state index contributed by atoms with van der Waals surface area (Å²) in [7, 11) is -3.69. The second-order valence-electron chi connectivity index (χ2n) is 6.27. The highest BCUT2D eigenvalue weighted by molar-refractivity contribution is 7.92. The lowest BCUT2D eigenvalue weighted by Crippen LogP contribution is -2.47. The summed E-state index contributed by atoms with van der Waals surface area (Å²) in [5.41, 5.74) is 2.96. The molecule has 0 bridgehead atoms. The highest BCUT2D eigenvalue weighted by Gasteiger charge is 2.31. The van der Waals surface area contributed by atoms with Gasteiger partial charge in [0.2, 0.25) is 15.9 Å². The molecule has 0 aliphatic carbocycles. The molecule has 26 heavy (non-hydrogen) atoms. The molecule has 1 amide bonds. The van der Waals surface area contributed by atoms with Crippen LogP contribution in [-0.2, 0) is 14.8 Å². The van der Waals surface area contributed by atoms with Crippen LogP contribution in [0.4, 0.5) is 11.4 Å². The highest BCUT2D eigenvalue weighted by Crippen LogP contribution is 2.26. The maximum Gasteiger partial charge on any atom is 0.248 e. The summed E-state index contributed by atoms with van der Waals surface area (Å²) in [6.07, 6.45) is 1.40. The molecule has 1 N–H and O–H groups in total. The molecule has 7 heteroatoms. The maximum absolute atomic E-state index is 12.9. The molecule has 0 aromatic heterocycles. The summed E-state index contributed by atoms with van der Waals surface area (Å²) < 4.78 is 26.0. The lowest BCUT2D eigenvalue weighted by Gasteiger charge is -2.30. The molecule has 2 aromatic rings. The Hall–Kier alpha value is -2.05. The van der Waals surface area contributed by atoms with Gasteiger partial charge in [0, 0.05) is 10.7 Å². The standard InChI is InChI=1S/C19H23ClN2O3S/c1-5-18(19(23)21-17-11-13(2)9-10-14(17)3)22(26(4,24)25)16-8-6-7-15(20)12-16/h6-12,18H,5H2,1-4H3,(H,21,23)/t18-/m0/s1. The summed E-state index contributed by atoms with van der Waals surface area (Å²) in [5.74, 6) is -0.383. The molecule has 2 aromatic carbocycles. The van der Waals surface area contributed by atoms with Gasteiger partial charge in [-0.2, -0.15) is 0 Å². The van der Waals surface area contributed by atoms with Crippen LogP contribution in [-0.4, -0.2) is 26.6 Å². The van der Waals surface area contributed by atoms with Crippen LogP contribution in [0.25, 0.3) is 0 Å². The van der Waals surface area contributed by atoms with E-state index in [-0.39, 0.29) is 5.91 Å². The molecule has 0 spiro atoms. The average molecular weight is 395 g/mol. The van der Waals surface area contributed by atoms with Gasteiger partial charge in [-0.05, 0) is 55.7 Å². The number of anilines is 2. The van der Waals surface area contributed by atoms with E-state index in [2.05, 4.69) is 5.32 Å². The Balaban J connectivity index is 2.41. The Bertz CT molecular complexity index is 913. The number of benzene rings is 2. The van der Waals surface area contributed by atoms with Gasteiger partial charge < -0.3 is 5.32 Å². The Morgan fingerprint density at radius 3 is 2.46 bits per heavy atom. The van der Waals surface area contributed by atoms with E-state index in [1.807, 2.05) is 32.0 Å². The molecule has 0 unspecified atom stereocenters. The second-order valence-corrected chi connectivity index (χ2v) is 8.57. The number of sulfonamides is 1. The van der Waals surface area contributed by atoms with Gasteiger partial charge in [0.15, 0.2) is 0 Å². The number of carbonyl (C=O) groups excluding carboxylic acids is 1. The monoisotopic (exact) mass is 394 g/mol. The van der Waals surface area contributed by atoms with E-state index in [0.717, 1.165) is 21.7 Å². The number of carbonyl (C=O) groups is 1. The number of amides is 1. The summed E-state index contributed by atoms with van der Waals surface area (Å²) in [4.78, 5) is 12.9. The molecule has 0 radical (unpaired) electrons. The smallest absolute Gasteiger partial charge is 0.248 e. The maximum atomic E-state index is 12.9. The van der Waals surface area contributed by atoms with Gasteiger partial charge in [-0.15, -0.1) is 0 Å². The zero-order valence-electron chi connectivity index (χ0n) is 15.3. The normalized spacial score (nSPS) is 12.5. The van der Waals surface area contributed by atoms with Crippen LogP contribution < -0.4 is 9.62 Å².